The second-order valence-corrected chi connectivity index (χ2v) is 4.30. The first-order chi connectivity index (χ1) is 7.01. The SMILES string of the molecule is CCC(CCO)NC(=O)CC(N)C(C)C. The van der Waals surface area contributed by atoms with Crippen LogP contribution in [-0.2, 0) is 4.79 Å². The highest BCUT2D eigenvalue weighted by molar-refractivity contribution is 5.76. The number of aliphatic hydroxyl groups is 1. The lowest BCUT2D eigenvalue weighted by Gasteiger charge is -2.19. The van der Waals surface area contributed by atoms with Crippen LogP contribution < -0.4 is 11.1 Å². The van der Waals surface area contributed by atoms with E-state index in [2.05, 4.69) is 5.32 Å². The van der Waals surface area contributed by atoms with Crippen LogP contribution in [0.2, 0.25) is 0 Å². The van der Waals surface area contributed by atoms with Crippen molar-refractivity contribution in [3.63, 3.8) is 0 Å². The lowest BCUT2D eigenvalue weighted by Crippen LogP contribution is -2.40. The Balaban J connectivity index is 3.90. The van der Waals surface area contributed by atoms with Crippen molar-refractivity contribution in [2.75, 3.05) is 6.61 Å². The lowest BCUT2D eigenvalue weighted by atomic mass is 10.0. The summed E-state index contributed by atoms with van der Waals surface area (Å²) in [6.45, 7) is 6.10. The molecule has 0 fully saturated rings. The number of nitrogens with two attached hydrogens (primary N) is 1. The summed E-state index contributed by atoms with van der Waals surface area (Å²) >= 11 is 0. The zero-order chi connectivity index (χ0) is 11.8. The van der Waals surface area contributed by atoms with Crippen molar-refractivity contribution in [3.8, 4) is 0 Å². The number of aliphatic hydroxyl groups excluding tert-OH is 1. The first kappa shape index (κ1) is 14.4. The van der Waals surface area contributed by atoms with E-state index in [0.29, 0.717) is 18.8 Å². The van der Waals surface area contributed by atoms with Gasteiger partial charge in [0.25, 0.3) is 0 Å². The third-order valence-electron chi connectivity index (χ3n) is 2.61. The van der Waals surface area contributed by atoms with E-state index in [1.165, 1.54) is 0 Å². The van der Waals surface area contributed by atoms with Gasteiger partial charge in [-0.05, 0) is 18.8 Å². The number of hydrogen-bond donors (Lipinski definition) is 3. The van der Waals surface area contributed by atoms with Crippen LogP contribution in [-0.4, -0.2) is 29.7 Å². The minimum absolute atomic E-state index is 0.0171. The van der Waals surface area contributed by atoms with Gasteiger partial charge in [-0.15, -0.1) is 0 Å². The van der Waals surface area contributed by atoms with Gasteiger partial charge >= 0.3 is 0 Å². The number of carbonyl (C=O) groups excluding carboxylic acids is 1. The van der Waals surface area contributed by atoms with Crippen LogP contribution >= 0.6 is 0 Å². The molecule has 0 aliphatic heterocycles. The van der Waals surface area contributed by atoms with E-state index in [4.69, 9.17) is 10.8 Å². The second kappa shape index (κ2) is 7.65. The summed E-state index contributed by atoms with van der Waals surface area (Å²) in [7, 11) is 0. The van der Waals surface area contributed by atoms with Gasteiger partial charge in [-0.25, -0.2) is 0 Å². The van der Waals surface area contributed by atoms with Gasteiger partial charge < -0.3 is 16.2 Å². The Kier molecular flexibility index (Phi) is 7.34. The fourth-order valence-electron chi connectivity index (χ4n) is 1.27. The van der Waals surface area contributed by atoms with E-state index in [1.54, 1.807) is 0 Å². The van der Waals surface area contributed by atoms with Crippen LogP contribution in [0.5, 0.6) is 0 Å². The minimum atomic E-state index is -0.0865. The van der Waals surface area contributed by atoms with Gasteiger partial charge in [0, 0.05) is 25.1 Å². The molecule has 2 unspecified atom stereocenters. The molecule has 4 N–H and O–H groups in total. The minimum Gasteiger partial charge on any atom is -0.396 e. The summed E-state index contributed by atoms with van der Waals surface area (Å²) in [6.07, 6.45) is 1.81. The van der Waals surface area contributed by atoms with Crippen molar-refractivity contribution < 1.29 is 9.90 Å². The maximum absolute atomic E-state index is 11.5. The van der Waals surface area contributed by atoms with Crippen molar-refractivity contribution in [2.24, 2.45) is 11.7 Å². The van der Waals surface area contributed by atoms with Crippen molar-refractivity contribution in [2.45, 2.75) is 52.1 Å². The topological polar surface area (TPSA) is 75.3 Å². The van der Waals surface area contributed by atoms with Gasteiger partial charge in [-0.1, -0.05) is 20.8 Å². The quantitative estimate of drug-likeness (QED) is 0.584. The molecule has 4 heteroatoms. The van der Waals surface area contributed by atoms with Crippen molar-refractivity contribution in [1.82, 2.24) is 5.32 Å². The molecule has 0 aromatic carbocycles. The largest absolute Gasteiger partial charge is 0.396 e. The first-order valence-electron chi connectivity index (χ1n) is 5.67. The van der Waals surface area contributed by atoms with Crippen LogP contribution in [0.4, 0.5) is 0 Å². The molecule has 0 saturated heterocycles. The molecule has 0 bridgehead atoms. The van der Waals surface area contributed by atoms with Gasteiger partial charge in [0.2, 0.25) is 5.91 Å². The molecule has 0 rings (SSSR count). The van der Waals surface area contributed by atoms with Crippen LogP contribution in [0.25, 0.3) is 0 Å². The molecule has 0 aliphatic carbocycles. The summed E-state index contributed by atoms with van der Waals surface area (Å²) in [5.74, 6) is 0.296. The van der Waals surface area contributed by atoms with E-state index in [9.17, 15) is 4.79 Å². The summed E-state index contributed by atoms with van der Waals surface area (Å²) in [4.78, 5) is 11.5. The number of nitrogens with one attached hydrogen (secondary N) is 1. The standard InChI is InChI=1S/C11H24N2O2/c1-4-9(5-6-14)13-11(15)7-10(12)8(2)3/h8-10,14H,4-7,12H2,1-3H3,(H,13,15). The van der Waals surface area contributed by atoms with Crippen molar-refractivity contribution >= 4 is 5.91 Å². The third-order valence-corrected chi connectivity index (χ3v) is 2.61. The lowest BCUT2D eigenvalue weighted by molar-refractivity contribution is -0.122. The predicted molar refractivity (Wildman–Crippen MR) is 61.4 cm³/mol. The number of rotatable bonds is 7. The summed E-state index contributed by atoms with van der Waals surface area (Å²) in [5.41, 5.74) is 5.80. The number of amides is 1. The molecule has 0 aliphatic rings. The highest BCUT2D eigenvalue weighted by atomic mass is 16.3. The summed E-state index contributed by atoms with van der Waals surface area (Å²) in [5, 5.41) is 11.6. The van der Waals surface area contributed by atoms with E-state index in [-0.39, 0.29) is 24.6 Å². The smallest absolute Gasteiger partial charge is 0.221 e. The fourth-order valence-corrected chi connectivity index (χ4v) is 1.27. The van der Waals surface area contributed by atoms with E-state index < -0.39 is 0 Å². The molecule has 0 spiro atoms. The predicted octanol–water partition coefficient (Wildman–Crippen LogP) is 0.637. The highest BCUT2D eigenvalue weighted by Gasteiger charge is 2.15. The maximum Gasteiger partial charge on any atom is 0.221 e. The molecule has 0 radical (unpaired) electrons. The molecule has 2 atom stereocenters. The molecule has 0 aromatic rings. The second-order valence-electron chi connectivity index (χ2n) is 4.30. The number of hydrogen-bond acceptors (Lipinski definition) is 3. The molecule has 4 nitrogen and oxygen atoms in total. The van der Waals surface area contributed by atoms with Gasteiger partial charge in [0.1, 0.15) is 0 Å². The Morgan fingerprint density at radius 3 is 2.47 bits per heavy atom. The van der Waals surface area contributed by atoms with Crippen molar-refractivity contribution in [3.05, 3.63) is 0 Å². The zero-order valence-electron chi connectivity index (χ0n) is 9.99. The molecule has 1 amide bonds. The average molecular weight is 216 g/mol. The van der Waals surface area contributed by atoms with E-state index in [1.807, 2.05) is 20.8 Å². The Morgan fingerprint density at radius 2 is 2.07 bits per heavy atom. The van der Waals surface area contributed by atoms with Crippen LogP contribution in [0.1, 0.15) is 40.0 Å². The molecule has 90 valence electrons. The molecular weight excluding hydrogens is 192 g/mol. The normalized spacial score (nSPS) is 15.1. The van der Waals surface area contributed by atoms with Crippen LogP contribution in [0.15, 0.2) is 0 Å². The van der Waals surface area contributed by atoms with Gasteiger partial charge in [-0.2, -0.15) is 0 Å². The van der Waals surface area contributed by atoms with Crippen molar-refractivity contribution in [1.29, 1.82) is 0 Å². The van der Waals surface area contributed by atoms with Gasteiger partial charge in [0.15, 0.2) is 0 Å². The molecular formula is C11H24N2O2. The Morgan fingerprint density at radius 1 is 1.47 bits per heavy atom. The van der Waals surface area contributed by atoms with Gasteiger partial charge in [0.05, 0.1) is 0 Å². The molecule has 0 saturated carbocycles. The zero-order valence-corrected chi connectivity index (χ0v) is 9.99. The molecule has 0 heterocycles. The molecule has 15 heavy (non-hydrogen) atoms. The first-order valence-corrected chi connectivity index (χ1v) is 5.67. The van der Waals surface area contributed by atoms with Gasteiger partial charge in [-0.3, -0.25) is 4.79 Å². The maximum atomic E-state index is 11.5. The Bertz CT molecular complexity index is 183. The van der Waals surface area contributed by atoms with Crippen LogP contribution in [0.3, 0.4) is 0 Å². The Hall–Kier alpha value is -0.610. The summed E-state index contributed by atoms with van der Waals surface area (Å²) in [6, 6.07) is -0.0153. The molecule has 0 aromatic heterocycles. The fraction of sp³-hybridized carbons (Fsp3) is 0.909. The third kappa shape index (κ3) is 6.47. The van der Waals surface area contributed by atoms with E-state index >= 15 is 0 Å². The average Bonchev–Trinajstić information content (AvgIpc) is 2.16. The van der Waals surface area contributed by atoms with E-state index in [0.717, 1.165) is 6.42 Å². The van der Waals surface area contributed by atoms with Crippen LogP contribution in [0, 0.1) is 5.92 Å². The number of carbonyl (C=O) groups is 1. The summed E-state index contributed by atoms with van der Waals surface area (Å²) < 4.78 is 0. The monoisotopic (exact) mass is 216 g/mol. The Labute approximate surface area is 92.2 Å². The highest BCUT2D eigenvalue weighted by Crippen LogP contribution is 2.04.